The van der Waals surface area contributed by atoms with E-state index in [4.69, 9.17) is 9.84 Å². The van der Waals surface area contributed by atoms with Crippen molar-refractivity contribution in [2.24, 2.45) is 7.05 Å². The van der Waals surface area contributed by atoms with Gasteiger partial charge in [0.1, 0.15) is 0 Å². The van der Waals surface area contributed by atoms with Crippen molar-refractivity contribution in [2.75, 3.05) is 26.3 Å². The molecular formula is C21H29N3O2. The third-order valence-corrected chi connectivity index (χ3v) is 6.15. The second-order valence-electron chi connectivity index (χ2n) is 7.79. The second kappa shape index (κ2) is 7.51. The maximum atomic E-state index is 9.10. The Labute approximate surface area is 155 Å². The van der Waals surface area contributed by atoms with Crippen LogP contribution in [0, 0.1) is 0 Å². The summed E-state index contributed by atoms with van der Waals surface area (Å²) >= 11 is 0. The Morgan fingerprint density at radius 3 is 2.77 bits per heavy atom. The molecular weight excluding hydrogens is 326 g/mol. The molecule has 1 N–H and O–H groups in total. The quantitative estimate of drug-likeness (QED) is 0.896. The first-order chi connectivity index (χ1) is 12.7. The van der Waals surface area contributed by atoms with Gasteiger partial charge in [-0.25, -0.2) is 0 Å². The summed E-state index contributed by atoms with van der Waals surface area (Å²) in [6, 6.07) is 8.81. The van der Waals surface area contributed by atoms with Crippen LogP contribution in [-0.4, -0.2) is 46.1 Å². The molecule has 2 heterocycles. The van der Waals surface area contributed by atoms with E-state index >= 15 is 0 Å². The summed E-state index contributed by atoms with van der Waals surface area (Å²) < 4.78 is 7.80. The van der Waals surface area contributed by atoms with Gasteiger partial charge in [0.15, 0.2) is 0 Å². The number of benzene rings is 1. The Morgan fingerprint density at radius 1 is 1.23 bits per heavy atom. The molecule has 1 atom stereocenters. The van der Waals surface area contributed by atoms with Gasteiger partial charge in [0, 0.05) is 25.4 Å². The molecule has 1 spiro atoms. The van der Waals surface area contributed by atoms with Crippen LogP contribution in [0.1, 0.15) is 48.5 Å². The van der Waals surface area contributed by atoms with Crippen molar-refractivity contribution < 1.29 is 9.84 Å². The molecule has 0 radical (unpaired) electrons. The average Bonchev–Trinajstić information content (AvgIpc) is 3.08. The summed E-state index contributed by atoms with van der Waals surface area (Å²) in [6.07, 6.45) is 8.87. The highest BCUT2D eigenvalue weighted by molar-refractivity contribution is 5.39. The zero-order chi connectivity index (χ0) is 18.0. The zero-order valence-corrected chi connectivity index (χ0v) is 15.6. The first kappa shape index (κ1) is 17.7. The van der Waals surface area contributed by atoms with E-state index in [-0.39, 0.29) is 12.7 Å². The second-order valence-corrected chi connectivity index (χ2v) is 7.79. The standard InChI is InChI=1S/C21H29N3O2/c1-23-15-17(14-22-23)16-24-10-8-21(9-11-24)7-6-20(26-13-12-25)18-4-2-3-5-19(18)21/h2-5,14-15,20,25H,6-13,16H2,1H3. The van der Waals surface area contributed by atoms with E-state index in [0.29, 0.717) is 12.0 Å². The van der Waals surface area contributed by atoms with Gasteiger partial charge in [0.2, 0.25) is 0 Å². The molecule has 140 valence electrons. The summed E-state index contributed by atoms with van der Waals surface area (Å²) in [5.41, 5.74) is 4.41. The van der Waals surface area contributed by atoms with Crippen molar-refractivity contribution in [3.8, 4) is 0 Å². The van der Waals surface area contributed by atoms with Gasteiger partial charge in [-0.3, -0.25) is 9.58 Å². The lowest BCUT2D eigenvalue weighted by molar-refractivity contribution is 0.00500. The molecule has 1 fully saturated rings. The van der Waals surface area contributed by atoms with Gasteiger partial charge in [-0.15, -0.1) is 0 Å². The van der Waals surface area contributed by atoms with Gasteiger partial charge in [-0.2, -0.15) is 5.10 Å². The zero-order valence-electron chi connectivity index (χ0n) is 15.6. The van der Waals surface area contributed by atoms with Crippen molar-refractivity contribution in [3.05, 3.63) is 53.3 Å². The molecule has 1 aliphatic heterocycles. The molecule has 0 saturated carbocycles. The molecule has 26 heavy (non-hydrogen) atoms. The number of rotatable bonds is 5. The Morgan fingerprint density at radius 2 is 2.04 bits per heavy atom. The van der Waals surface area contributed by atoms with Gasteiger partial charge in [-0.1, -0.05) is 24.3 Å². The van der Waals surface area contributed by atoms with Crippen molar-refractivity contribution in [1.82, 2.24) is 14.7 Å². The predicted molar refractivity (Wildman–Crippen MR) is 101 cm³/mol. The lowest BCUT2D eigenvalue weighted by Gasteiger charge is -2.47. The van der Waals surface area contributed by atoms with E-state index in [1.807, 2.05) is 17.9 Å². The van der Waals surface area contributed by atoms with E-state index in [9.17, 15) is 0 Å². The number of fused-ring (bicyclic) bond motifs is 2. The van der Waals surface area contributed by atoms with Gasteiger partial charge < -0.3 is 9.84 Å². The minimum atomic E-state index is 0.0904. The maximum Gasteiger partial charge on any atom is 0.0829 e. The SMILES string of the molecule is Cn1cc(CN2CCC3(CCC(OCCO)c4ccccc43)CC2)cn1. The summed E-state index contributed by atoms with van der Waals surface area (Å²) in [5, 5.41) is 13.4. The molecule has 2 aliphatic rings. The number of hydrogen-bond acceptors (Lipinski definition) is 4. The normalized spacial score (nSPS) is 22.5. The molecule has 1 aromatic carbocycles. The van der Waals surface area contributed by atoms with Crippen molar-refractivity contribution in [1.29, 1.82) is 0 Å². The molecule has 1 aromatic heterocycles. The monoisotopic (exact) mass is 355 g/mol. The number of ether oxygens (including phenoxy) is 1. The first-order valence-electron chi connectivity index (χ1n) is 9.72. The van der Waals surface area contributed by atoms with Crippen LogP contribution >= 0.6 is 0 Å². The minimum Gasteiger partial charge on any atom is -0.394 e. The summed E-state index contributed by atoms with van der Waals surface area (Å²) in [6.45, 7) is 3.77. The number of nitrogens with zero attached hydrogens (tertiary/aromatic N) is 3. The van der Waals surface area contributed by atoms with Crippen LogP contribution in [-0.2, 0) is 23.7 Å². The fourth-order valence-electron chi connectivity index (χ4n) is 4.80. The molecule has 0 amide bonds. The summed E-state index contributed by atoms with van der Waals surface area (Å²) in [5.74, 6) is 0. The van der Waals surface area contributed by atoms with Crippen LogP contribution < -0.4 is 0 Å². The number of aliphatic hydroxyl groups excluding tert-OH is 1. The number of aryl methyl sites for hydroxylation is 1. The van der Waals surface area contributed by atoms with E-state index in [2.05, 4.69) is 40.5 Å². The van der Waals surface area contributed by atoms with Crippen LogP contribution in [0.4, 0.5) is 0 Å². The number of aromatic nitrogens is 2. The van der Waals surface area contributed by atoms with Crippen LogP contribution in [0.2, 0.25) is 0 Å². The maximum absolute atomic E-state index is 9.10. The lowest BCUT2D eigenvalue weighted by atomic mass is 9.64. The summed E-state index contributed by atoms with van der Waals surface area (Å²) in [4.78, 5) is 2.55. The number of likely N-dealkylation sites (tertiary alicyclic amines) is 1. The molecule has 0 bridgehead atoms. The van der Waals surface area contributed by atoms with Gasteiger partial charge >= 0.3 is 0 Å². The molecule has 1 aliphatic carbocycles. The smallest absolute Gasteiger partial charge is 0.0829 e. The van der Waals surface area contributed by atoms with Crippen molar-refractivity contribution in [2.45, 2.75) is 43.7 Å². The van der Waals surface area contributed by atoms with E-state index in [0.717, 1.165) is 26.1 Å². The summed E-state index contributed by atoms with van der Waals surface area (Å²) in [7, 11) is 1.98. The highest BCUT2D eigenvalue weighted by Crippen LogP contribution is 2.48. The first-order valence-corrected chi connectivity index (χ1v) is 9.72. The van der Waals surface area contributed by atoms with Crippen molar-refractivity contribution >= 4 is 0 Å². The van der Waals surface area contributed by atoms with Crippen LogP contribution in [0.5, 0.6) is 0 Å². The van der Waals surface area contributed by atoms with Crippen molar-refractivity contribution in [3.63, 3.8) is 0 Å². The number of hydrogen-bond donors (Lipinski definition) is 1. The molecule has 1 unspecified atom stereocenters. The average molecular weight is 355 g/mol. The molecule has 2 aromatic rings. The third kappa shape index (κ3) is 3.43. The van der Waals surface area contributed by atoms with Gasteiger partial charge in [0.25, 0.3) is 0 Å². The molecule has 1 saturated heterocycles. The van der Waals surface area contributed by atoms with Gasteiger partial charge in [0.05, 0.1) is 25.5 Å². The highest BCUT2D eigenvalue weighted by atomic mass is 16.5. The van der Waals surface area contributed by atoms with Gasteiger partial charge in [-0.05, 0) is 55.3 Å². The largest absolute Gasteiger partial charge is 0.394 e. The molecule has 5 heteroatoms. The Kier molecular flexibility index (Phi) is 5.11. The predicted octanol–water partition coefficient (Wildman–Crippen LogP) is 2.80. The fourth-order valence-corrected chi connectivity index (χ4v) is 4.80. The fraction of sp³-hybridized carbons (Fsp3) is 0.571. The Hall–Kier alpha value is -1.69. The van der Waals surface area contributed by atoms with E-state index < -0.39 is 0 Å². The third-order valence-electron chi connectivity index (χ3n) is 6.15. The van der Waals surface area contributed by atoms with E-state index in [1.165, 1.54) is 36.0 Å². The molecule has 5 nitrogen and oxygen atoms in total. The van der Waals surface area contributed by atoms with Crippen LogP contribution in [0.15, 0.2) is 36.7 Å². The van der Waals surface area contributed by atoms with Crippen LogP contribution in [0.3, 0.4) is 0 Å². The lowest BCUT2D eigenvalue weighted by Crippen LogP contribution is -2.44. The Bertz CT molecular complexity index is 734. The highest BCUT2D eigenvalue weighted by Gasteiger charge is 2.42. The van der Waals surface area contributed by atoms with Crippen LogP contribution in [0.25, 0.3) is 0 Å². The number of aliphatic hydroxyl groups is 1. The minimum absolute atomic E-state index is 0.0904. The number of piperidine rings is 1. The molecule has 4 rings (SSSR count). The van der Waals surface area contributed by atoms with E-state index in [1.54, 1.807) is 0 Å². The topological polar surface area (TPSA) is 50.5 Å². The Balaban J connectivity index is 1.47.